The second-order valence-corrected chi connectivity index (χ2v) is 7.17. The molecular weight excluding hydrogens is 451 g/mol. The van der Waals surface area contributed by atoms with E-state index in [-0.39, 0.29) is 24.0 Å². The molecule has 2 aromatic rings. The van der Waals surface area contributed by atoms with Crippen molar-refractivity contribution in [3.63, 3.8) is 0 Å². The largest absolute Gasteiger partial charge is 0.444 e. The molecule has 1 aromatic heterocycles. The summed E-state index contributed by atoms with van der Waals surface area (Å²) in [4.78, 5) is 11.8. The first-order valence-corrected chi connectivity index (χ1v) is 9.70. The van der Waals surface area contributed by atoms with Gasteiger partial charge < -0.3 is 14.6 Å². The van der Waals surface area contributed by atoms with Crippen LogP contribution in [0.1, 0.15) is 37.9 Å². The molecule has 1 N–H and O–H groups in total. The van der Waals surface area contributed by atoms with Crippen LogP contribution in [0.5, 0.6) is 0 Å². The number of likely N-dealkylation sites (tertiary alicyclic amines) is 1. The third-order valence-corrected chi connectivity index (χ3v) is 4.90. The van der Waals surface area contributed by atoms with Crippen LogP contribution in [-0.4, -0.2) is 42.0 Å². The molecule has 3 rings (SSSR count). The number of guanidine groups is 1. The Morgan fingerprint density at radius 1 is 1.26 bits per heavy atom. The molecule has 5 nitrogen and oxygen atoms in total. The van der Waals surface area contributed by atoms with E-state index in [0.717, 1.165) is 49.2 Å². The summed E-state index contributed by atoms with van der Waals surface area (Å²) in [5.74, 6) is 2.53. The molecule has 6 heteroatoms. The van der Waals surface area contributed by atoms with Crippen LogP contribution >= 0.6 is 24.0 Å². The highest BCUT2D eigenvalue weighted by atomic mass is 127. The van der Waals surface area contributed by atoms with Crippen LogP contribution in [0.4, 0.5) is 0 Å². The molecule has 1 aliphatic heterocycles. The number of halogens is 1. The van der Waals surface area contributed by atoms with E-state index in [9.17, 15) is 0 Å². The number of aromatic nitrogens is 1. The van der Waals surface area contributed by atoms with E-state index in [1.54, 1.807) is 6.26 Å². The van der Waals surface area contributed by atoms with Gasteiger partial charge in [-0.25, -0.2) is 4.98 Å². The number of nitrogens with zero attached hydrogens (tertiary/aromatic N) is 3. The van der Waals surface area contributed by atoms with Crippen LogP contribution < -0.4 is 5.32 Å². The fraction of sp³-hybridized carbons (Fsp3) is 0.524. The number of oxazole rings is 1. The SMILES string of the molecule is CCNC(=NCCc1coc(-c2ccc(C)cc2)n1)N1CCC(C)CC1.I. The molecule has 1 saturated heterocycles. The average Bonchev–Trinajstić information content (AvgIpc) is 3.11. The number of nitrogens with one attached hydrogen (secondary N) is 1. The van der Waals surface area contributed by atoms with Crippen molar-refractivity contribution >= 4 is 29.9 Å². The number of rotatable bonds is 5. The Bertz CT molecular complexity index is 718. The molecule has 0 radical (unpaired) electrons. The number of piperidine rings is 1. The summed E-state index contributed by atoms with van der Waals surface area (Å²) in [5.41, 5.74) is 3.20. The van der Waals surface area contributed by atoms with E-state index in [1.165, 1.54) is 18.4 Å². The Morgan fingerprint density at radius 2 is 1.96 bits per heavy atom. The predicted octanol–water partition coefficient (Wildman–Crippen LogP) is 4.51. The van der Waals surface area contributed by atoms with Gasteiger partial charge in [-0.3, -0.25) is 4.99 Å². The third-order valence-electron chi connectivity index (χ3n) is 4.90. The smallest absolute Gasteiger partial charge is 0.226 e. The van der Waals surface area contributed by atoms with Gasteiger partial charge in [-0.2, -0.15) is 0 Å². The van der Waals surface area contributed by atoms with Crippen LogP contribution in [-0.2, 0) is 6.42 Å². The lowest BCUT2D eigenvalue weighted by molar-refractivity contribution is 0.273. The van der Waals surface area contributed by atoms with Crippen molar-refractivity contribution in [2.45, 2.75) is 40.0 Å². The van der Waals surface area contributed by atoms with Crippen molar-refractivity contribution in [2.24, 2.45) is 10.9 Å². The van der Waals surface area contributed by atoms with Gasteiger partial charge in [0.2, 0.25) is 5.89 Å². The maximum Gasteiger partial charge on any atom is 0.226 e. The molecule has 27 heavy (non-hydrogen) atoms. The molecule has 0 aliphatic carbocycles. The first kappa shape index (κ1) is 21.7. The summed E-state index contributed by atoms with van der Waals surface area (Å²) < 4.78 is 5.64. The van der Waals surface area contributed by atoms with Crippen molar-refractivity contribution in [3.05, 3.63) is 41.8 Å². The first-order chi connectivity index (χ1) is 12.7. The van der Waals surface area contributed by atoms with Gasteiger partial charge >= 0.3 is 0 Å². The first-order valence-electron chi connectivity index (χ1n) is 9.70. The quantitative estimate of drug-likeness (QED) is 0.387. The van der Waals surface area contributed by atoms with Crippen molar-refractivity contribution in [1.82, 2.24) is 15.2 Å². The van der Waals surface area contributed by atoms with Crippen LogP contribution in [0.2, 0.25) is 0 Å². The number of aliphatic imine (C=N–C) groups is 1. The third kappa shape index (κ3) is 6.23. The highest BCUT2D eigenvalue weighted by Crippen LogP contribution is 2.19. The summed E-state index contributed by atoms with van der Waals surface area (Å²) in [6.07, 6.45) is 5.02. The van der Waals surface area contributed by atoms with Crippen molar-refractivity contribution in [2.75, 3.05) is 26.2 Å². The second kappa shape index (κ2) is 10.7. The van der Waals surface area contributed by atoms with E-state index in [1.807, 2.05) is 12.1 Å². The molecule has 2 heterocycles. The van der Waals surface area contributed by atoms with E-state index >= 15 is 0 Å². The Morgan fingerprint density at radius 3 is 2.63 bits per heavy atom. The van der Waals surface area contributed by atoms with Gasteiger partial charge in [0.15, 0.2) is 5.96 Å². The zero-order valence-corrected chi connectivity index (χ0v) is 18.9. The minimum atomic E-state index is 0. The number of benzene rings is 1. The Balaban J connectivity index is 0.00000261. The van der Waals surface area contributed by atoms with Crippen LogP contribution in [0.3, 0.4) is 0 Å². The van der Waals surface area contributed by atoms with E-state index in [4.69, 9.17) is 9.41 Å². The number of hydrogen-bond acceptors (Lipinski definition) is 3. The molecule has 0 amide bonds. The molecule has 148 valence electrons. The summed E-state index contributed by atoms with van der Waals surface area (Å²) in [6, 6.07) is 8.24. The standard InChI is InChI=1S/C21H30N4O.HI/c1-4-22-21(25-13-10-17(3)11-14-25)23-12-9-19-15-26-20(24-19)18-7-5-16(2)6-8-18;/h5-8,15,17H,4,9-14H2,1-3H3,(H,22,23);1H. The van der Waals surface area contributed by atoms with Crippen LogP contribution in [0.15, 0.2) is 39.9 Å². The molecule has 0 spiro atoms. The van der Waals surface area contributed by atoms with Crippen molar-refractivity contribution in [1.29, 1.82) is 0 Å². The number of hydrogen-bond donors (Lipinski definition) is 1. The Kier molecular flexibility index (Phi) is 8.60. The monoisotopic (exact) mass is 482 g/mol. The fourth-order valence-electron chi connectivity index (χ4n) is 3.17. The molecule has 0 unspecified atom stereocenters. The fourth-order valence-corrected chi connectivity index (χ4v) is 3.17. The Hall–Kier alpha value is -1.57. The zero-order chi connectivity index (χ0) is 18.4. The normalized spacial score (nSPS) is 15.5. The lowest BCUT2D eigenvalue weighted by Crippen LogP contribution is -2.45. The average molecular weight is 482 g/mol. The molecule has 0 saturated carbocycles. The summed E-state index contributed by atoms with van der Waals surface area (Å²) in [5, 5.41) is 3.42. The lowest BCUT2D eigenvalue weighted by Gasteiger charge is -2.33. The number of aryl methyl sites for hydroxylation is 1. The van der Waals surface area contributed by atoms with Crippen molar-refractivity contribution < 1.29 is 4.42 Å². The molecule has 1 aliphatic rings. The molecule has 0 bridgehead atoms. The van der Waals surface area contributed by atoms with Gasteiger partial charge in [0, 0.05) is 38.2 Å². The second-order valence-electron chi connectivity index (χ2n) is 7.17. The molecule has 1 aromatic carbocycles. The van der Waals surface area contributed by atoms with Gasteiger partial charge in [-0.15, -0.1) is 24.0 Å². The summed E-state index contributed by atoms with van der Waals surface area (Å²) >= 11 is 0. The van der Waals surface area contributed by atoms with Gasteiger partial charge in [-0.05, 0) is 44.7 Å². The van der Waals surface area contributed by atoms with E-state index < -0.39 is 0 Å². The van der Waals surface area contributed by atoms with E-state index in [0.29, 0.717) is 12.4 Å². The lowest BCUT2D eigenvalue weighted by atomic mass is 10.00. The van der Waals surface area contributed by atoms with Gasteiger partial charge in [0.05, 0.1) is 5.69 Å². The highest BCUT2D eigenvalue weighted by molar-refractivity contribution is 14.0. The minimum Gasteiger partial charge on any atom is -0.444 e. The molecular formula is C21H31IN4O. The summed E-state index contributed by atoms with van der Waals surface area (Å²) in [7, 11) is 0. The van der Waals surface area contributed by atoms with Gasteiger partial charge in [0.25, 0.3) is 0 Å². The Labute approximate surface area is 179 Å². The maximum absolute atomic E-state index is 5.64. The zero-order valence-electron chi connectivity index (χ0n) is 16.6. The predicted molar refractivity (Wildman–Crippen MR) is 122 cm³/mol. The van der Waals surface area contributed by atoms with Crippen LogP contribution in [0.25, 0.3) is 11.5 Å². The van der Waals surface area contributed by atoms with Crippen LogP contribution in [0, 0.1) is 12.8 Å². The van der Waals surface area contributed by atoms with Gasteiger partial charge in [-0.1, -0.05) is 24.6 Å². The summed E-state index contributed by atoms with van der Waals surface area (Å²) in [6.45, 7) is 10.3. The topological polar surface area (TPSA) is 53.7 Å². The van der Waals surface area contributed by atoms with Crippen molar-refractivity contribution in [3.8, 4) is 11.5 Å². The molecule has 1 fully saturated rings. The molecule has 0 atom stereocenters. The maximum atomic E-state index is 5.64. The van der Waals surface area contributed by atoms with E-state index in [2.05, 4.69) is 48.1 Å². The highest BCUT2D eigenvalue weighted by Gasteiger charge is 2.18. The minimum absolute atomic E-state index is 0. The van der Waals surface area contributed by atoms with Gasteiger partial charge in [0.1, 0.15) is 6.26 Å².